The predicted octanol–water partition coefficient (Wildman–Crippen LogP) is 2.37. The van der Waals surface area contributed by atoms with Crippen LogP contribution in [0, 0.1) is 6.92 Å². The Bertz CT molecular complexity index is 529. The third kappa shape index (κ3) is 5.22. The molecule has 1 fully saturated rings. The lowest BCUT2D eigenvalue weighted by atomic mass is 10.1. The number of aryl methyl sites for hydroxylation is 1. The van der Waals surface area contributed by atoms with Crippen molar-refractivity contribution in [2.45, 2.75) is 52.3 Å². The Morgan fingerprint density at radius 2 is 2.23 bits per heavy atom. The normalized spacial score (nSPS) is 19.3. The second-order valence-electron chi connectivity index (χ2n) is 6.79. The maximum atomic E-state index is 6.06. The van der Waals surface area contributed by atoms with Gasteiger partial charge in [0.15, 0.2) is 5.96 Å². The Kier molecular flexibility index (Phi) is 5.29. The minimum Gasteiger partial charge on any atom is -0.488 e. The molecule has 5 heteroatoms. The third-order valence-corrected chi connectivity index (χ3v) is 3.33. The summed E-state index contributed by atoms with van der Waals surface area (Å²) in [6.45, 7) is 10.1. The van der Waals surface area contributed by atoms with E-state index < -0.39 is 0 Å². The molecule has 1 aromatic rings. The van der Waals surface area contributed by atoms with Gasteiger partial charge in [0.2, 0.25) is 0 Å². The lowest BCUT2D eigenvalue weighted by Gasteiger charge is -2.21. The molecule has 0 aromatic heterocycles. The first-order chi connectivity index (χ1) is 10.3. The molecule has 0 amide bonds. The summed E-state index contributed by atoms with van der Waals surface area (Å²) in [4.78, 5) is 4.42. The van der Waals surface area contributed by atoms with E-state index in [4.69, 9.17) is 15.2 Å². The third-order valence-electron chi connectivity index (χ3n) is 3.33. The van der Waals surface area contributed by atoms with Crippen molar-refractivity contribution >= 4 is 5.96 Å². The van der Waals surface area contributed by atoms with Gasteiger partial charge in [-0.2, -0.15) is 0 Å². The zero-order chi connectivity index (χ0) is 16.2. The van der Waals surface area contributed by atoms with Crippen molar-refractivity contribution in [3.8, 4) is 5.75 Å². The van der Waals surface area contributed by atoms with Crippen molar-refractivity contribution < 1.29 is 9.47 Å². The van der Waals surface area contributed by atoms with Crippen LogP contribution in [0.3, 0.4) is 0 Å². The molecule has 1 unspecified atom stereocenters. The van der Waals surface area contributed by atoms with Gasteiger partial charge in [-0.25, -0.2) is 4.99 Å². The summed E-state index contributed by atoms with van der Waals surface area (Å²) in [5, 5.41) is 3.16. The van der Waals surface area contributed by atoms with Crippen LogP contribution in [0.15, 0.2) is 23.2 Å². The van der Waals surface area contributed by atoms with Gasteiger partial charge < -0.3 is 20.5 Å². The molecule has 122 valence electrons. The zero-order valence-corrected chi connectivity index (χ0v) is 14.0. The maximum absolute atomic E-state index is 6.06. The molecule has 0 bridgehead atoms. The fraction of sp³-hybridized carbons (Fsp3) is 0.588. The quantitative estimate of drug-likeness (QED) is 0.662. The Morgan fingerprint density at radius 1 is 1.45 bits per heavy atom. The second kappa shape index (κ2) is 7.01. The summed E-state index contributed by atoms with van der Waals surface area (Å²) < 4.78 is 11.4. The molecular weight excluding hydrogens is 278 g/mol. The molecule has 0 aliphatic carbocycles. The van der Waals surface area contributed by atoms with Crippen molar-refractivity contribution in [1.82, 2.24) is 5.32 Å². The van der Waals surface area contributed by atoms with Crippen molar-refractivity contribution in [2.24, 2.45) is 10.7 Å². The molecule has 1 aliphatic rings. The molecule has 3 N–H and O–H groups in total. The number of guanidine groups is 1. The molecule has 1 aliphatic heterocycles. The second-order valence-corrected chi connectivity index (χ2v) is 6.79. The number of rotatable bonds is 4. The molecule has 1 atom stereocenters. The van der Waals surface area contributed by atoms with Crippen molar-refractivity contribution in [1.29, 1.82) is 0 Å². The number of nitrogens with two attached hydrogens (primary N) is 1. The van der Waals surface area contributed by atoms with Crippen LogP contribution in [0.1, 0.15) is 38.3 Å². The van der Waals surface area contributed by atoms with E-state index >= 15 is 0 Å². The molecule has 5 nitrogen and oxygen atoms in total. The number of benzene rings is 1. The summed E-state index contributed by atoms with van der Waals surface area (Å²) in [7, 11) is 0. The van der Waals surface area contributed by atoms with Crippen LogP contribution in [-0.2, 0) is 11.3 Å². The Morgan fingerprint density at radius 3 is 2.86 bits per heavy atom. The van der Waals surface area contributed by atoms with E-state index in [2.05, 4.69) is 50.1 Å². The summed E-state index contributed by atoms with van der Waals surface area (Å²) in [6.07, 6.45) is 1.07. The van der Waals surface area contributed by atoms with Crippen LogP contribution < -0.4 is 15.8 Å². The van der Waals surface area contributed by atoms with Gasteiger partial charge in [0.25, 0.3) is 0 Å². The van der Waals surface area contributed by atoms with Crippen molar-refractivity contribution in [3.05, 3.63) is 29.3 Å². The topological polar surface area (TPSA) is 68.9 Å². The minimum absolute atomic E-state index is 0.0959. The highest BCUT2D eigenvalue weighted by Crippen LogP contribution is 2.24. The van der Waals surface area contributed by atoms with Crippen LogP contribution in [0.25, 0.3) is 0 Å². The number of nitrogens with zero attached hydrogens (tertiary/aromatic N) is 1. The molecule has 0 spiro atoms. The van der Waals surface area contributed by atoms with Crippen LogP contribution in [0.4, 0.5) is 0 Å². The lowest BCUT2D eigenvalue weighted by molar-refractivity contribution is 0.140. The fourth-order valence-electron chi connectivity index (χ4n) is 2.28. The fourth-order valence-corrected chi connectivity index (χ4v) is 2.28. The smallest absolute Gasteiger partial charge is 0.189 e. The molecule has 0 saturated carbocycles. The van der Waals surface area contributed by atoms with E-state index in [1.54, 1.807) is 0 Å². The molecular formula is C17H27N3O2. The first-order valence-electron chi connectivity index (χ1n) is 7.75. The average molecular weight is 305 g/mol. The van der Waals surface area contributed by atoms with Gasteiger partial charge in [0.1, 0.15) is 11.9 Å². The summed E-state index contributed by atoms with van der Waals surface area (Å²) in [5.41, 5.74) is 8.04. The first-order valence-corrected chi connectivity index (χ1v) is 7.75. The van der Waals surface area contributed by atoms with E-state index in [-0.39, 0.29) is 11.6 Å². The van der Waals surface area contributed by atoms with Gasteiger partial charge in [-0.3, -0.25) is 0 Å². The highest BCUT2D eigenvalue weighted by molar-refractivity contribution is 5.78. The van der Waals surface area contributed by atoms with Gasteiger partial charge in [0.05, 0.1) is 19.8 Å². The van der Waals surface area contributed by atoms with Crippen LogP contribution in [0.2, 0.25) is 0 Å². The van der Waals surface area contributed by atoms with Gasteiger partial charge >= 0.3 is 0 Å². The van der Waals surface area contributed by atoms with E-state index in [1.165, 1.54) is 5.56 Å². The largest absolute Gasteiger partial charge is 0.488 e. The number of aliphatic imine (C=N–C) groups is 1. The van der Waals surface area contributed by atoms with Gasteiger partial charge in [-0.1, -0.05) is 12.1 Å². The molecule has 1 saturated heterocycles. The molecule has 0 radical (unpaired) electrons. The monoisotopic (exact) mass is 305 g/mol. The van der Waals surface area contributed by atoms with E-state index in [9.17, 15) is 0 Å². The van der Waals surface area contributed by atoms with E-state index in [1.807, 2.05) is 6.07 Å². The Labute approximate surface area is 132 Å². The molecule has 1 aromatic carbocycles. The van der Waals surface area contributed by atoms with Crippen LogP contribution in [0.5, 0.6) is 5.75 Å². The number of nitrogens with one attached hydrogen (secondary N) is 1. The first kappa shape index (κ1) is 16.6. The van der Waals surface area contributed by atoms with Gasteiger partial charge in [0, 0.05) is 17.5 Å². The SMILES string of the molecule is Cc1ccc(CN=C(N)NC(C)(C)C)c(OC2CCOC2)c1. The Hall–Kier alpha value is -1.75. The van der Waals surface area contributed by atoms with Crippen LogP contribution >= 0.6 is 0 Å². The van der Waals surface area contributed by atoms with Gasteiger partial charge in [-0.15, -0.1) is 0 Å². The highest BCUT2D eigenvalue weighted by atomic mass is 16.5. The summed E-state index contributed by atoms with van der Waals surface area (Å²) >= 11 is 0. The lowest BCUT2D eigenvalue weighted by Crippen LogP contribution is -2.44. The zero-order valence-electron chi connectivity index (χ0n) is 14.0. The molecule has 2 rings (SSSR count). The highest BCUT2D eigenvalue weighted by Gasteiger charge is 2.18. The minimum atomic E-state index is -0.0959. The number of hydrogen-bond acceptors (Lipinski definition) is 3. The Balaban J connectivity index is 2.07. The maximum Gasteiger partial charge on any atom is 0.189 e. The predicted molar refractivity (Wildman–Crippen MR) is 89.2 cm³/mol. The summed E-state index contributed by atoms with van der Waals surface area (Å²) in [6, 6.07) is 6.17. The van der Waals surface area contributed by atoms with Crippen molar-refractivity contribution in [3.63, 3.8) is 0 Å². The number of hydrogen-bond donors (Lipinski definition) is 2. The van der Waals surface area contributed by atoms with Crippen LogP contribution in [-0.4, -0.2) is 30.8 Å². The van der Waals surface area contributed by atoms with Gasteiger partial charge in [-0.05, 0) is 39.3 Å². The van der Waals surface area contributed by atoms with Crippen molar-refractivity contribution in [2.75, 3.05) is 13.2 Å². The molecule has 1 heterocycles. The standard InChI is InChI=1S/C17H27N3O2/c1-12-5-6-13(10-19-16(18)20-17(2,3)4)15(9-12)22-14-7-8-21-11-14/h5-6,9,14H,7-8,10-11H2,1-4H3,(H3,18,19,20). The molecule has 22 heavy (non-hydrogen) atoms. The average Bonchev–Trinajstić information content (AvgIpc) is 2.88. The number of ether oxygens (including phenoxy) is 2. The summed E-state index contributed by atoms with van der Waals surface area (Å²) in [5.74, 6) is 1.33. The van der Waals surface area contributed by atoms with E-state index in [0.29, 0.717) is 19.1 Å². The van der Waals surface area contributed by atoms with E-state index in [0.717, 1.165) is 24.3 Å².